The lowest BCUT2D eigenvalue weighted by Gasteiger charge is -2.71. The van der Waals surface area contributed by atoms with Gasteiger partial charge in [0.2, 0.25) is 0 Å². The van der Waals surface area contributed by atoms with Gasteiger partial charge in [-0.25, -0.2) is 4.79 Å². The van der Waals surface area contributed by atoms with E-state index in [1.807, 2.05) is 0 Å². The SMILES string of the molecule is CC1(C)C[C@@H]2C([C@H](O)C[C@]3(C)C2C=C[C@@H]2[C@@]4(C)CC[C@H](OC5OC(C(=O)O)C(O)C(OC6OCC(O)C(O)C6O)C5OC5OC(CO)C(O)C(O)C5O)[C@@](C)(C=O)[C@@H]4CC[C@]23C)[C@H](C=O)C1. The maximum absolute atomic E-state index is 13.8. The van der Waals surface area contributed by atoms with Gasteiger partial charge in [0, 0.05) is 5.92 Å². The van der Waals surface area contributed by atoms with Gasteiger partial charge in [-0.15, -0.1) is 0 Å². The maximum atomic E-state index is 13.8. The van der Waals surface area contributed by atoms with Crippen molar-refractivity contribution in [1.82, 2.24) is 0 Å². The summed E-state index contributed by atoms with van der Waals surface area (Å²) in [6.45, 7) is 11.6. The molecule has 0 spiro atoms. The van der Waals surface area contributed by atoms with Gasteiger partial charge in [0.25, 0.3) is 0 Å². The second-order valence-electron chi connectivity index (χ2n) is 22.8. The Labute approximate surface area is 384 Å². The molecule has 19 heteroatoms. The first-order valence-electron chi connectivity index (χ1n) is 23.7. The molecule has 8 aliphatic rings. The molecule has 4 saturated carbocycles. The third-order valence-corrected chi connectivity index (χ3v) is 18.6. The predicted molar refractivity (Wildman–Crippen MR) is 225 cm³/mol. The van der Waals surface area contributed by atoms with Gasteiger partial charge in [-0.05, 0) is 96.2 Å². The van der Waals surface area contributed by atoms with E-state index in [2.05, 4.69) is 46.8 Å². The van der Waals surface area contributed by atoms with Crippen molar-refractivity contribution >= 4 is 18.5 Å². The van der Waals surface area contributed by atoms with E-state index >= 15 is 0 Å². The molecule has 0 aromatic carbocycles. The van der Waals surface area contributed by atoms with E-state index < -0.39 is 128 Å². The maximum Gasteiger partial charge on any atom is 0.335 e. The number of carbonyl (C=O) groups is 3. The van der Waals surface area contributed by atoms with Crippen LogP contribution in [0.4, 0.5) is 0 Å². The first-order valence-corrected chi connectivity index (χ1v) is 23.7. The van der Waals surface area contributed by atoms with Gasteiger partial charge in [0.05, 0.1) is 30.8 Å². The number of aliphatic hydroxyl groups excluding tert-OH is 9. The van der Waals surface area contributed by atoms with Gasteiger partial charge >= 0.3 is 5.97 Å². The smallest absolute Gasteiger partial charge is 0.335 e. The third kappa shape index (κ3) is 7.87. The highest BCUT2D eigenvalue weighted by Crippen LogP contribution is 2.74. The van der Waals surface area contributed by atoms with Gasteiger partial charge < -0.3 is 89.1 Å². The number of hydrogen-bond donors (Lipinski definition) is 10. The van der Waals surface area contributed by atoms with Crippen LogP contribution in [0.1, 0.15) is 86.5 Å². The van der Waals surface area contributed by atoms with Crippen LogP contribution >= 0.6 is 0 Å². The van der Waals surface area contributed by atoms with Crippen molar-refractivity contribution in [2.24, 2.45) is 62.6 Å². The molecule has 0 aromatic rings. The van der Waals surface area contributed by atoms with E-state index in [0.717, 1.165) is 25.4 Å². The highest BCUT2D eigenvalue weighted by Gasteiger charge is 2.70. The molecule has 7 fully saturated rings. The van der Waals surface area contributed by atoms with Gasteiger partial charge in [0.1, 0.15) is 73.6 Å². The number of aliphatic hydroxyl groups is 9. The summed E-state index contributed by atoms with van der Waals surface area (Å²) in [6.07, 6.45) is -16.7. The van der Waals surface area contributed by atoms with Crippen LogP contribution in [0.3, 0.4) is 0 Å². The summed E-state index contributed by atoms with van der Waals surface area (Å²) in [5, 5.41) is 107. The Morgan fingerprint density at radius 3 is 2.05 bits per heavy atom. The van der Waals surface area contributed by atoms with Crippen molar-refractivity contribution in [1.29, 1.82) is 0 Å². The van der Waals surface area contributed by atoms with Crippen LogP contribution < -0.4 is 0 Å². The second kappa shape index (κ2) is 18.0. The van der Waals surface area contributed by atoms with E-state index in [4.69, 9.17) is 28.4 Å². The summed E-state index contributed by atoms with van der Waals surface area (Å²) in [5.41, 5.74) is -2.48. The minimum Gasteiger partial charge on any atom is -0.479 e. The van der Waals surface area contributed by atoms with Gasteiger partial charge in [-0.3, -0.25) is 0 Å². The second-order valence-corrected chi connectivity index (χ2v) is 22.8. The Bertz CT molecular complexity index is 1830. The number of carboxylic acid groups (broad SMARTS) is 1. The van der Waals surface area contributed by atoms with E-state index in [9.17, 15) is 65.4 Å². The third-order valence-electron chi connectivity index (χ3n) is 18.6. The normalized spacial score (nSPS) is 55.6. The van der Waals surface area contributed by atoms with E-state index in [-0.39, 0.29) is 58.2 Å². The number of carbonyl (C=O) groups excluding carboxylic acids is 2. The van der Waals surface area contributed by atoms with Crippen molar-refractivity contribution in [2.45, 2.75) is 185 Å². The number of rotatable bonds is 10. The largest absolute Gasteiger partial charge is 0.479 e. The molecule has 3 aliphatic heterocycles. The van der Waals surface area contributed by atoms with Gasteiger partial charge in [0.15, 0.2) is 25.0 Å². The summed E-state index contributed by atoms with van der Waals surface area (Å²) in [4.78, 5) is 39.0. The van der Waals surface area contributed by atoms with Gasteiger partial charge in [-0.2, -0.15) is 0 Å². The molecule has 16 unspecified atom stereocenters. The van der Waals surface area contributed by atoms with Crippen molar-refractivity contribution < 1.29 is 93.9 Å². The summed E-state index contributed by atoms with van der Waals surface area (Å²) >= 11 is 0. The molecular weight excluding hydrogens is 868 g/mol. The van der Waals surface area contributed by atoms with E-state index in [1.54, 1.807) is 6.92 Å². The quantitative estimate of drug-likeness (QED) is 0.0744. The highest BCUT2D eigenvalue weighted by molar-refractivity contribution is 5.73. The Morgan fingerprint density at radius 2 is 1.39 bits per heavy atom. The zero-order valence-electron chi connectivity index (χ0n) is 38.5. The van der Waals surface area contributed by atoms with Crippen LogP contribution in [0.25, 0.3) is 0 Å². The first kappa shape index (κ1) is 50.3. The lowest BCUT2D eigenvalue weighted by atomic mass is 9.33. The minimum absolute atomic E-state index is 0.0410. The zero-order chi connectivity index (χ0) is 48.2. The van der Waals surface area contributed by atoms with E-state index in [1.165, 1.54) is 0 Å². The lowest BCUT2D eigenvalue weighted by Crippen LogP contribution is -2.69. The molecule has 3 saturated heterocycles. The molecule has 19 nitrogen and oxygen atoms in total. The molecule has 3 heterocycles. The fraction of sp³-hybridized carbons (Fsp3) is 0.894. The van der Waals surface area contributed by atoms with Crippen LogP contribution in [0, 0.1) is 62.6 Å². The number of carboxylic acids is 1. The zero-order valence-corrected chi connectivity index (χ0v) is 38.5. The molecule has 0 radical (unpaired) electrons. The number of allylic oxidation sites excluding steroid dienone is 2. The summed E-state index contributed by atoms with van der Waals surface area (Å²) in [6, 6.07) is 0. The Balaban J connectivity index is 1.12. The molecule has 0 amide bonds. The highest BCUT2D eigenvalue weighted by atomic mass is 16.8. The van der Waals surface area contributed by atoms with Crippen LogP contribution in [-0.4, -0.2) is 181 Å². The lowest BCUT2D eigenvalue weighted by molar-refractivity contribution is -0.391. The average Bonchev–Trinajstić information content (AvgIpc) is 3.26. The number of aliphatic carboxylic acids is 1. The standard InChI is InChI=1S/C47H72O19/c1-43(2)13-20(16-48)29-21(14-43)22-7-8-27-44(3)11-10-28(45(4,19-50)26(44)9-12-46(27,5)47(22,6)15-23(29)51)63-42-38(66-41-34(57)32(55)31(54)25(17-49)62-41)36(35(58)37(65-42)39(59)60)64-40-33(56)30(53)24(52)18-61-40/h7-8,16,19-38,40-42,49,51-58H,9-15,17-18H2,1-6H3,(H,59,60)/t20-,21-,22?,23+,24?,25?,26+,27+,28-,29?,30?,31?,32?,33?,34?,35?,36?,37?,38?,40?,41?,42?,44-,45-,46+,47+/m0/s1. The molecule has 26 atom stereocenters. The fourth-order valence-corrected chi connectivity index (χ4v) is 15.0. The number of ether oxygens (including phenoxy) is 6. The molecular formula is C47H72O19. The van der Waals surface area contributed by atoms with Crippen molar-refractivity contribution in [3.63, 3.8) is 0 Å². The number of fused-ring (bicyclic) bond motifs is 7. The predicted octanol–water partition coefficient (Wildman–Crippen LogP) is -0.586. The number of aldehydes is 2. The molecule has 0 aromatic heterocycles. The Morgan fingerprint density at radius 1 is 0.712 bits per heavy atom. The van der Waals surface area contributed by atoms with Crippen LogP contribution in [-0.2, 0) is 42.8 Å². The Hall–Kier alpha value is -2.05. The molecule has 10 N–H and O–H groups in total. The fourth-order valence-electron chi connectivity index (χ4n) is 15.0. The van der Waals surface area contributed by atoms with Crippen molar-refractivity contribution in [3.05, 3.63) is 12.2 Å². The molecule has 374 valence electrons. The molecule has 0 bridgehead atoms. The molecule has 5 aliphatic carbocycles. The van der Waals surface area contributed by atoms with Crippen molar-refractivity contribution in [3.8, 4) is 0 Å². The summed E-state index contributed by atoms with van der Waals surface area (Å²) in [5.74, 6) is -2.13. The summed E-state index contributed by atoms with van der Waals surface area (Å²) in [7, 11) is 0. The van der Waals surface area contributed by atoms with Gasteiger partial charge in [-0.1, -0.05) is 53.7 Å². The summed E-state index contributed by atoms with van der Waals surface area (Å²) < 4.78 is 35.9. The number of hydrogen-bond acceptors (Lipinski definition) is 18. The molecule has 8 rings (SSSR count). The van der Waals surface area contributed by atoms with Crippen molar-refractivity contribution in [2.75, 3.05) is 13.2 Å². The minimum atomic E-state index is -2.12. The Kier molecular flexibility index (Phi) is 13.7. The monoisotopic (exact) mass is 940 g/mol. The van der Waals surface area contributed by atoms with Crippen LogP contribution in [0.2, 0.25) is 0 Å². The van der Waals surface area contributed by atoms with E-state index in [0.29, 0.717) is 25.7 Å². The van der Waals surface area contributed by atoms with Crippen LogP contribution in [0.15, 0.2) is 12.2 Å². The molecule has 66 heavy (non-hydrogen) atoms. The first-order chi connectivity index (χ1) is 30.9. The topological polar surface area (TPSA) is 309 Å². The van der Waals surface area contributed by atoms with Crippen LogP contribution in [0.5, 0.6) is 0 Å². The average molecular weight is 941 g/mol.